The highest BCUT2D eigenvalue weighted by Gasteiger charge is 2.32. The molecule has 4 N–H and O–H groups in total. The Morgan fingerprint density at radius 3 is 2.83 bits per heavy atom. The van der Waals surface area contributed by atoms with Crippen LogP contribution in [0.4, 0.5) is 0 Å². The molecule has 1 heterocycles. The molecule has 0 aromatic carbocycles. The lowest BCUT2D eigenvalue weighted by atomic mass is 9.96. The largest absolute Gasteiger partial charge is 0.370 e. The van der Waals surface area contributed by atoms with Crippen molar-refractivity contribution in [2.24, 2.45) is 10.7 Å². The highest BCUT2D eigenvalue weighted by Crippen LogP contribution is 2.20. The summed E-state index contributed by atoms with van der Waals surface area (Å²) in [4.78, 5) is 15.6. The quantitative estimate of drug-likeness (QED) is 0.515. The van der Waals surface area contributed by atoms with Gasteiger partial charge in [0.2, 0.25) is 5.91 Å². The van der Waals surface area contributed by atoms with Gasteiger partial charge in [-0.05, 0) is 26.2 Å². The molecule has 1 unspecified atom stereocenters. The third-order valence-electron chi connectivity index (χ3n) is 3.90. The van der Waals surface area contributed by atoms with E-state index in [1.54, 1.807) is 0 Å². The third kappa shape index (κ3) is 3.62. The van der Waals surface area contributed by atoms with Crippen molar-refractivity contribution in [3.8, 4) is 0 Å². The van der Waals surface area contributed by atoms with Gasteiger partial charge in [-0.1, -0.05) is 19.3 Å². The van der Waals surface area contributed by atoms with E-state index < -0.39 is 0 Å². The number of nitrogens with two attached hydrogens (primary N) is 1. The molecule has 0 bridgehead atoms. The molecule has 1 atom stereocenters. The number of hydrogen-bond donors (Lipinski definition) is 3. The lowest BCUT2D eigenvalue weighted by Crippen LogP contribution is -2.45. The Labute approximate surface area is 109 Å². The van der Waals surface area contributed by atoms with Gasteiger partial charge in [0.15, 0.2) is 5.96 Å². The number of nitrogens with zero attached hydrogens (tertiary/aromatic N) is 1. The number of carbonyl (C=O) groups is 1. The standard InChI is InChI=1S/C13H24N4O/c1-13(8-7-11(18)17-13)9-15-12(14)16-10-5-3-2-4-6-10/h10H,2-9H2,1H3,(H,17,18)(H3,14,15,16). The van der Waals surface area contributed by atoms with E-state index in [-0.39, 0.29) is 11.4 Å². The number of carbonyl (C=O) groups excluding carboxylic acids is 1. The van der Waals surface area contributed by atoms with Gasteiger partial charge in [-0.15, -0.1) is 0 Å². The molecule has 2 rings (SSSR count). The normalized spacial score (nSPS) is 30.3. The monoisotopic (exact) mass is 252 g/mol. The van der Waals surface area contributed by atoms with Crippen LogP contribution in [0, 0.1) is 0 Å². The van der Waals surface area contributed by atoms with Crippen LogP contribution < -0.4 is 16.4 Å². The van der Waals surface area contributed by atoms with Crippen LogP contribution in [0.3, 0.4) is 0 Å². The molecule has 5 nitrogen and oxygen atoms in total. The van der Waals surface area contributed by atoms with Crippen molar-refractivity contribution in [3.05, 3.63) is 0 Å². The summed E-state index contributed by atoms with van der Waals surface area (Å²) in [6.07, 6.45) is 7.69. The first-order valence-electron chi connectivity index (χ1n) is 6.95. The summed E-state index contributed by atoms with van der Waals surface area (Å²) in [6.45, 7) is 2.58. The van der Waals surface area contributed by atoms with Crippen LogP contribution in [-0.4, -0.2) is 30.0 Å². The minimum atomic E-state index is -0.212. The number of aliphatic imine (C=N–C) groups is 1. The van der Waals surface area contributed by atoms with E-state index in [4.69, 9.17) is 5.73 Å². The highest BCUT2D eigenvalue weighted by atomic mass is 16.2. The van der Waals surface area contributed by atoms with Gasteiger partial charge in [0, 0.05) is 12.5 Å². The third-order valence-corrected chi connectivity index (χ3v) is 3.90. The van der Waals surface area contributed by atoms with Gasteiger partial charge in [-0.3, -0.25) is 9.79 Å². The molecule has 1 aliphatic heterocycles. The van der Waals surface area contributed by atoms with Gasteiger partial charge >= 0.3 is 0 Å². The minimum absolute atomic E-state index is 0.117. The lowest BCUT2D eigenvalue weighted by Gasteiger charge is -2.25. The van der Waals surface area contributed by atoms with E-state index >= 15 is 0 Å². The summed E-state index contributed by atoms with van der Waals surface area (Å²) in [5, 5.41) is 6.25. The summed E-state index contributed by atoms with van der Waals surface area (Å²) >= 11 is 0. The van der Waals surface area contributed by atoms with Crippen LogP contribution in [0.1, 0.15) is 51.9 Å². The van der Waals surface area contributed by atoms with E-state index in [1.807, 2.05) is 6.92 Å². The Morgan fingerprint density at radius 2 is 2.22 bits per heavy atom. The molecular formula is C13H24N4O. The van der Waals surface area contributed by atoms with Crippen molar-refractivity contribution in [1.82, 2.24) is 10.6 Å². The molecular weight excluding hydrogens is 228 g/mol. The van der Waals surface area contributed by atoms with Crippen molar-refractivity contribution in [2.75, 3.05) is 6.54 Å². The summed E-state index contributed by atoms with van der Waals surface area (Å²) in [5.74, 6) is 0.635. The average Bonchev–Trinajstić information content (AvgIpc) is 2.69. The van der Waals surface area contributed by atoms with E-state index in [0.717, 1.165) is 6.42 Å². The fourth-order valence-corrected chi connectivity index (χ4v) is 2.73. The Kier molecular flexibility index (Phi) is 4.09. The fourth-order valence-electron chi connectivity index (χ4n) is 2.73. The Morgan fingerprint density at radius 1 is 1.50 bits per heavy atom. The highest BCUT2D eigenvalue weighted by molar-refractivity contribution is 5.80. The van der Waals surface area contributed by atoms with E-state index in [9.17, 15) is 4.79 Å². The zero-order valence-corrected chi connectivity index (χ0v) is 11.2. The number of guanidine groups is 1. The first kappa shape index (κ1) is 13.2. The predicted octanol–water partition coefficient (Wildman–Crippen LogP) is 0.892. The van der Waals surface area contributed by atoms with Crippen LogP contribution in [0.15, 0.2) is 4.99 Å². The van der Waals surface area contributed by atoms with E-state index in [2.05, 4.69) is 15.6 Å². The Hall–Kier alpha value is -1.26. The van der Waals surface area contributed by atoms with E-state index in [0.29, 0.717) is 25.0 Å². The smallest absolute Gasteiger partial charge is 0.220 e. The van der Waals surface area contributed by atoms with Gasteiger partial charge in [0.25, 0.3) is 0 Å². The van der Waals surface area contributed by atoms with Crippen molar-refractivity contribution >= 4 is 11.9 Å². The fraction of sp³-hybridized carbons (Fsp3) is 0.846. The molecule has 18 heavy (non-hydrogen) atoms. The maximum absolute atomic E-state index is 11.2. The lowest BCUT2D eigenvalue weighted by molar-refractivity contribution is -0.119. The van der Waals surface area contributed by atoms with Crippen molar-refractivity contribution in [1.29, 1.82) is 0 Å². The number of amides is 1. The predicted molar refractivity (Wildman–Crippen MR) is 72.3 cm³/mol. The van der Waals surface area contributed by atoms with Crippen molar-refractivity contribution < 1.29 is 4.79 Å². The summed E-state index contributed by atoms with van der Waals surface area (Å²) in [7, 11) is 0. The topological polar surface area (TPSA) is 79.5 Å². The van der Waals surface area contributed by atoms with Crippen molar-refractivity contribution in [2.45, 2.75) is 63.5 Å². The molecule has 1 saturated heterocycles. The second kappa shape index (κ2) is 5.59. The minimum Gasteiger partial charge on any atom is -0.370 e. The van der Waals surface area contributed by atoms with Gasteiger partial charge < -0.3 is 16.4 Å². The molecule has 0 aromatic heterocycles. The molecule has 2 fully saturated rings. The maximum Gasteiger partial charge on any atom is 0.220 e. The average molecular weight is 252 g/mol. The van der Waals surface area contributed by atoms with Crippen LogP contribution in [0.5, 0.6) is 0 Å². The zero-order chi connectivity index (χ0) is 13.0. The molecule has 1 amide bonds. The van der Waals surface area contributed by atoms with Crippen LogP contribution >= 0.6 is 0 Å². The summed E-state index contributed by atoms with van der Waals surface area (Å²) in [6, 6.07) is 0.480. The summed E-state index contributed by atoms with van der Waals surface area (Å²) < 4.78 is 0. The molecule has 102 valence electrons. The van der Waals surface area contributed by atoms with Crippen LogP contribution in [0.25, 0.3) is 0 Å². The summed E-state index contributed by atoms with van der Waals surface area (Å²) in [5.41, 5.74) is 5.69. The second-order valence-corrected chi connectivity index (χ2v) is 5.79. The van der Waals surface area contributed by atoms with Crippen molar-refractivity contribution in [3.63, 3.8) is 0 Å². The van der Waals surface area contributed by atoms with Crippen LogP contribution in [0.2, 0.25) is 0 Å². The van der Waals surface area contributed by atoms with Gasteiger partial charge in [0.05, 0.1) is 12.1 Å². The van der Waals surface area contributed by atoms with Gasteiger partial charge in [-0.2, -0.15) is 0 Å². The number of rotatable bonds is 3. The number of nitrogens with one attached hydrogen (secondary N) is 2. The zero-order valence-electron chi connectivity index (χ0n) is 11.2. The molecule has 0 aromatic rings. The van der Waals surface area contributed by atoms with Gasteiger partial charge in [-0.25, -0.2) is 0 Å². The molecule has 0 spiro atoms. The molecule has 1 aliphatic carbocycles. The first-order chi connectivity index (χ1) is 8.57. The molecule has 2 aliphatic rings. The SMILES string of the molecule is CC1(CN=C(N)NC2CCCCC2)CCC(=O)N1. The van der Waals surface area contributed by atoms with Gasteiger partial charge in [0.1, 0.15) is 0 Å². The number of hydrogen-bond acceptors (Lipinski definition) is 2. The Balaban J connectivity index is 1.79. The van der Waals surface area contributed by atoms with Crippen LogP contribution in [-0.2, 0) is 4.79 Å². The molecule has 5 heteroatoms. The molecule has 1 saturated carbocycles. The Bertz CT molecular complexity index is 336. The maximum atomic E-state index is 11.2. The second-order valence-electron chi connectivity index (χ2n) is 5.79. The van der Waals surface area contributed by atoms with E-state index in [1.165, 1.54) is 32.1 Å². The molecule has 0 radical (unpaired) electrons. The first-order valence-corrected chi connectivity index (χ1v) is 6.95.